The Bertz CT molecular complexity index is 525. The molecule has 2 rings (SSSR count). The summed E-state index contributed by atoms with van der Waals surface area (Å²) in [6, 6.07) is 4.56. The summed E-state index contributed by atoms with van der Waals surface area (Å²) in [5.74, 6) is 0.832. The fourth-order valence-electron chi connectivity index (χ4n) is 1.79. The summed E-state index contributed by atoms with van der Waals surface area (Å²) in [6.07, 6.45) is 2.44. The number of hydrogen-bond acceptors (Lipinski definition) is 5. The lowest BCUT2D eigenvalue weighted by Crippen LogP contribution is -2.12. The number of nitrogen functional groups attached to an aromatic ring is 1. The Morgan fingerprint density at radius 3 is 2.78 bits per heavy atom. The molecule has 0 aliphatic carbocycles. The lowest BCUT2D eigenvalue weighted by Gasteiger charge is -2.10. The molecule has 1 saturated heterocycles. The molecule has 7 heteroatoms. The van der Waals surface area contributed by atoms with Gasteiger partial charge >= 0.3 is 0 Å². The van der Waals surface area contributed by atoms with Crippen LogP contribution in [0.15, 0.2) is 28.0 Å². The number of nitrogens with two attached hydrogens (primary N) is 2. The van der Waals surface area contributed by atoms with Gasteiger partial charge in [0.1, 0.15) is 0 Å². The van der Waals surface area contributed by atoms with Gasteiger partial charge in [0.2, 0.25) is 10.0 Å². The van der Waals surface area contributed by atoms with E-state index in [9.17, 15) is 8.42 Å². The minimum Gasteiger partial charge on any atom is -0.398 e. The Morgan fingerprint density at radius 2 is 2.22 bits per heavy atom. The van der Waals surface area contributed by atoms with E-state index in [4.69, 9.17) is 15.6 Å². The van der Waals surface area contributed by atoms with E-state index in [0.717, 1.165) is 30.1 Å². The Kier molecular flexibility index (Phi) is 4.16. The first-order chi connectivity index (χ1) is 8.47. The third kappa shape index (κ3) is 3.38. The zero-order chi connectivity index (χ0) is 13.2. The topological polar surface area (TPSA) is 95.4 Å². The second kappa shape index (κ2) is 5.48. The highest BCUT2D eigenvalue weighted by Gasteiger charge is 2.16. The number of sulfonamides is 1. The maximum atomic E-state index is 11.2. The van der Waals surface area contributed by atoms with E-state index in [1.807, 2.05) is 0 Å². The van der Waals surface area contributed by atoms with Crippen LogP contribution < -0.4 is 10.9 Å². The molecule has 0 bridgehead atoms. The summed E-state index contributed by atoms with van der Waals surface area (Å²) in [5.41, 5.74) is 6.26. The minimum atomic E-state index is -3.69. The number of rotatable bonds is 4. The van der Waals surface area contributed by atoms with E-state index in [2.05, 4.69) is 0 Å². The lowest BCUT2D eigenvalue weighted by atomic mass is 10.3. The Balaban J connectivity index is 2.05. The fourth-order valence-corrected chi connectivity index (χ4v) is 3.36. The van der Waals surface area contributed by atoms with Gasteiger partial charge in [-0.2, -0.15) is 0 Å². The molecule has 4 N–H and O–H groups in total. The van der Waals surface area contributed by atoms with Crippen molar-refractivity contribution in [1.82, 2.24) is 0 Å². The molecule has 1 aliphatic heterocycles. The van der Waals surface area contributed by atoms with Crippen LogP contribution in [0.1, 0.15) is 12.8 Å². The van der Waals surface area contributed by atoms with Crippen molar-refractivity contribution in [2.75, 3.05) is 18.1 Å². The molecule has 0 aromatic heterocycles. The van der Waals surface area contributed by atoms with Gasteiger partial charge in [0, 0.05) is 22.9 Å². The third-order valence-electron chi connectivity index (χ3n) is 2.76. The van der Waals surface area contributed by atoms with Crippen LogP contribution in [-0.2, 0) is 14.8 Å². The second-order valence-corrected chi connectivity index (χ2v) is 6.81. The van der Waals surface area contributed by atoms with Crippen molar-refractivity contribution in [3.8, 4) is 0 Å². The van der Waals surface area contributed by atoms with Crippen LogP contribution in [0.4, 0.5) is 5.69 Å². The van der Waals surface area contributed by atoms with Gasteiger partial charge in [0.25, 0.3) is 0 Å². The van der Waals surface area contributed by atoms with Crippen LogP contribution in [0, 0.1) is 0 Å². The summed E-state index contributed by atoms with van der Waals surface area (Å²) in [6.45, 7) is 0.824. The monoisotopic (exact) mass is 288 g/mol. The summed E-state index contributed by atoms with van der Waals surface area (Å²) in [5, 5.41) is 5.04. The van der Waals surface area contributed by atoms with Crippen molar-refractivity contribution in [3.05, 3.63) is 18.2 Å². The van der Waals surface area contributed by atoms with Gasteiger partial charge in [-0.3, -0.25) is 0 Å². The molecule has 1 heterocycles. The summed E-state index contributed by atoms with van der Waals surface area (Å²) < 4.78 is 27.8. The van der Waals surface area contributed by atoms with E-state index in [-0.39, 0.29) is 11.0 Å². The average molecular weight is 288 g/mol. The van der Waals surface area contributed by atoms with Crippen molar-refractivity contribution >= 4 is 27.5 Å². The minimum absolute atomic E-state index is 0.0430. The summed E-state index contributed by atoms with van der Waals surface area (Å²) in [4.78, 5) is 0.902. The summed E-state index contributed by atoms with van der Waals surface area (Å²) >= 11 is 1.58. The van der Waals surface area contributed by atoms with Gasteiger partial charge in [0.05, 0.1) is 11.0 Å². The third-order valence-corrected chi connectivity index (χ3v) is 4.89. The van der Waals surface area contributed by atoms with Gasteiger partial charge in [-0.1, -0.05) is 0 Å². The molecule has 1 atom stereocenters. The molecule has 0 saturated carbocycles. The predicted molar refractivity (Wildman–Crippen MR) is 71.9 cm³/mol. The maximum absolute atomic E-state index is 11.2. The molecule has 0 radical (unpaired) electrons. The van der Waals surface area contributed by atoms with E-state index in [1.165, 1.54) is 12.1 Å². The lowest BCUT2D eigenvalue weighted by molar-refractivity contribution is 0.129. The Hall–Kier alpha value is -0.760. The first-order valence-corrected chi connectivity index (χ1v) is 8.17. The molecule has 1 fully saturated rings. The molecule has 100 valence electrons. The molecule has 1 aromatic rings. The van der Waals surface area contributed by atoms with E-state index < -0.39 is 10.0 Å². The molecule has 5 nitrogen and oxygen atoms in total. The average Bonchev–Trinajstić information content (AvgIpc) is 2.79. The quantitative estimate of drug-likeness (QED) is 0.641. The molecule has 18 heavy (non-hydrogen) atoms. The molecular formula is C11H16N2O3S2. The van der Waals surface area contributed by atoms with Crippen molar-refractivity contribution in [3.63, 3.8) is 0 Å². The SMILES string of the molecule is Nc1cc(S(N)(=O)=O)ccc1SCC1CCCO1. The molecule has 1 aromatic carbocycles. The van der Waals surface area contributed by atoms with Crippen LogP contribution >= 0.6 is 11.8 Å². The van der Waals surface area contributed by atoms with Crippen molar-refractivity contribution < 1.29 is 13.2 Å². The number of ether oxygens (including phenoxy) is 1. The smallest absolute Gasteiger partial charge is 0.238 e. The fraction of sp³-hybridized carbons (Fsp3) is 0.455. The van der Waals surface area contributed by atoms with E-state index in [1.54, 1.807) is 17.8 Å². The van der Waals surface area contributed by atoms with Crippen LogP contribution in [0.3, 0.4) is 0 Å². The van der Waals surface area contributed by atoms with Gasteiger partial charge in [-0.05, 0) is 31.0 Å². The number of hydrogen-bond donors (Lipinski definition) is 2. The maximum Gasteiger partial charge on any atom is 0.238 e. The van der Waals surface area contributed by atoms with Gasteiger partial charge in [0.15, 0.2) is 0 Å². The van der Waals surface area contributed by atoms with Crippen LogP contribution in [0.25, 0.3) is 0 Å². The predicted octanol–water partition coefficient (Wildman–Crippen LogP) is 1.19. The molecule has 0 spiro atoms. The molecule has 1 unspecified atom stereocenters. The van der Waals surface area contributed by atoms with Crippen LogP contribution in [0.5, 0.6) is 0 Å². The largest absolute Gasteiger partial charge is 0.398 e. The summed E-state index contributed by atoms with van der Waals surface area (Å²) in [7, 11) is -3.69. The number of primary sulfonamides is 1. The van der Waals surface area contributed by atoms with Gasteiger partial charge in [-0.15, -0.1) is 11.8 Å². The van der Waals surface area contributed by atoms with Crippen molar-refractivity contribution in [2.45, 2.75) is 28.7 Å². The number of anilines is 1. The highest BCUT2D eigenvalue weighted by atomic mass is 32.2. The van der Waals surface area contributed by atoms with E-state index in [0.29, 0.717) is 5.69 Å². The highest BCUT2D eigenvalue weighted by molar-refractivity contribution is 7.99. The standard InChI is InChI=1S/C11H16N2O3S2/c12-10-6-9(18(13,14)15)3-4-11(10)17-7-8-2-1-5-16-8/h3-4,6,8H,1-2,5,7,12H2,(H2,13,14,15). The van der Waals surface area contributed by atoms with Gasteiger partial charge < -0.3 is 10.5 Å². The Labute approximate surface area is 111 Å². The zero-order valence-electron chi connectivity index (χ0n) is 9.83. The molecular weight excluding hydrogens is 272 g/mol. The van der Waals surface area contributed by atoms with E-state index >= 15 is 0 Å². The van der Waals surface area contributed by atoms with Crippen molar-refractivity contribution in [1.29, 1.82) is 0 Å². The second-order valence-electron chi connectivity index (χ2n) is 4.19. The van der Waals surface area contributed by atoms with Crippen molar-refractivity contribution in [2.24, 2.45) is 5.14 Å². The van der Waals surface area contributed by atoms with Gasteiger partial charge in [-0.25, -0.2) is 13.6 Å². The highest BCUT2D eigenvalue weighted by Crippen LogP contribution is 2.29. The normalized spacial score (nSPS) is 20.2. The number of benzene rings is 1. The molecule has 1 aliphatic rings. The van der Waals surface area contributed by atoms with Crippen LogP contribution in [-0.4, -0.2) is 26.9 Å². The van der Waals surface area contributed by atoms with Crippen LogP contribution in [0.2, 0.25) is 0 Å². The first-order valence-electron chi connectivity index (χ1n) is 5.63. The first kappa shape index (κ1) is 13.7. The zero-order valence-corrected chi connectivity index (χ0v) is 11.5. The molecule has 0 amide bonds. The Morgan fingerprint density at radius 1 is 1.44 bits per heavy atom. The number of thioether (sulfide) groups is 1.